The molecule has 0 saturated carbocycles. The van der Waals surface area contributed by atoms with Crippen LogP contribution in [0.5, 0.6) is 0 Å². The molecule has 9 heavy (non-hydrogen) atoms. The van der Waals surface area contributed by atoms with Gasteiger partial charge in [-0.1, -0.05) is 0 Å². The van der Waals surface area contributed by atoms with Crippen LogP contribution >= 0.6 is 11.3 Å². The van der Waals surface area contributed by atoms with Gasteiger partial charge in [0.15, 0.2) is 0 Å². The SMILES string of the molecule is [NH]C(=O)Cc1ccsc1. The van der Waals surface area contributed by atoms with E-state index in [9.17, 15) is 4.79 Å². The number of hydrogen-bond donors (Lipinski definition) is 0. The van der Waals surface area contributed by atoms with Crippen LogP contribution in [0.4, 0.5) is 0 Å². The molecule has 0 saturated heterocycles. The highest BCUT2D eigenvalue weighted by Crippen LogP contribution is 2.05. The second-order valence-electron chi connectivity index (χ2n) is 1.73. The first-order valence-electron chi connectivity index (χ1n) is 2.54. The van der Waals surface area contributed by atoms with Crippen LogP contribution in [0, 0.1) is 0 Å². The highest BCUT2D eigenvalue weighted by molar-refractivity contribution is 7.07. The van der Waals surface area contributed by atoms with E-state index in [-0.39, 0.29) is 6.42 Å². The van der Waals surface area contributed by atoms with Crippen molar-refractivity contribution in [3.05, 3.63) is 22.4 Å². The molecule has 0 aliphatic carbocycles. The van der Waals surface area contributed by atoms with Crippen molar-refractivity contribution in [2.45, 2.75) is 6.42 Å². The predicted molar refractivity (Wildman–Crippen MR) is 36.1 cm³/mol. The van der Waals surface area contributed by atoms with E-state index in [0.29, 0.717) is 0 Å². The third-order valence-electron chi connectivity index (χ3n) is 0.945. The first-order valence-corrected chi connectivity index (χ1v) is 3.49. The van der Waals surface area contributed by atoms with Crippen LogP contribution in [0.25, 0.3) is 0 Å². The van der Waals surface area contributed by atoms with Crippen molar-refractivity contribution in [2.75, 3.05) is 0 Å². The van der Waals surface area contributed by atoms with Gasteiger partial charge in [0.2, 0.25) is 5.91 Å². The molecular formula is C6H6NOS. The molecule has 1 N–H and O–H groups in total. The number of carbonyl (C=O) groups is 1. The zero-order chi connectivity index (χ0) is 6.69. The van der Waals surface area contributed by atoms with Crippen molar-refractivity contribution in [1.82, 2.24) is 5.73 Å². The van der Waals surface area contributed by atoms with E-state index in [2.05, 4.69) is 0 Å². The average molecular weight is 140 g/mol. The van der Waals surface area contributed by atoms with Gasteiger partial charge in [-0.3, -0.25) is 10.5 Å². The number of rotatable bonds is 2. The first-order chi connectivity index (χ1) is 4.29. The zero-order valence-electron chi connectivity index (χ0n) is 4.76. The van der Waals surface area contributed by atoms with Crippen LogP contribution < -0.4 is 5.73 Å². The molecule has 1 radical (unpaired) electrons. The largest absolute Gasteiger partial charge is 0.273 e. The lowest BCUT2D eigenvalue weighted by atomic mass is 10.2. The summed E-state index contributed by atoms with van der Waals surface area (Å²) in [5.41, 5.74) is 7.56. The van der Waals surface area contributed by atoms with E-state index in [0.717, 1.165) is 5.56 Å². The zero-order valence-corrected chi connectivity index (χ0v) is 5.57. The van der Waals surface area contributed by atoms with Gasteiger partial charge in [0, 0.05) is 0 Å². The summed E-state index contributed by atoms with van der Waals surface area (Å²) in [4.78, 5) is 10.2. The van der Waals surface area contributed by atoms with E-state index in [1.807, 2.05) is 16.8 Å². The lowest BCUT2D eigenvalue weighted by Gasteiger charge is -1.85. The fraction of sp³-hybridized carbons (Fsp3) is 0.167. The first kappa shape index (κ1) is 6.29. The maximum absolute atomic E-state index is 10.2. The van der Waals surface area contributed by atoms with Crippen LogP contribution in [-0.4, -0.2) is 5.91 Å². The van der Waals surface area contributed by atoms with E-state index >= 15 is 0 Å². The van der Waals surface area contributed by atoms with Gasteiger partial charge in [0.25, 0.3) is 0 Å². The van der Waals surface area contributed by atoms with E-state index in [1.54, 1.807) is 11.3 Å². The summed E-state index contributed by atoms with van der Waals surface area (Å²) >= 11 is 1.55. The molecule has 1 aromatic heterocycles. The lowest BCUT2D eigenvalue weighted by molar-refractivity contribution is -0.118. The molecule has 1 aromatic rings. The van der Waals surface area contributed by atoms with E-state index in [1.165, 1.54) is 0 Å². The van der Waals surface area contributed by atoms with Crippen molar-refractivity contribution in [3.8, 4) is 0 Å². The number of nitrogens with one attached hydrogen (secondary N) is 1. The standard InChI is InChI=1S/C6H6NOS/c7-6(8)3-5-1-2-9-4-5/h1-2,4,7H,3H2. The van der Waals surface area contributed by atoms with Crippen molar-refractivity contribution in [1.29, 1.82) is 0 Å². The van der Waals surface area contributed by atoms with E-state index < -0.39 is 5.91 Å². The quantitative estimate of drug-likeness (QED) is 0.606. The molecule has 1 heterocycles. The van der Waals surface area contributed by atoms with Crippen molar-refractivity contribution < 1.29 is 4.79 Å². The molecule has 0 unspecified atom stereocenters. The Balaban J connectivity index is 2.58. The Morgan fingerprint density at radius 1 is 1.78 bits per heavy atom. The third kappa shape index (κ3) is 1.85. The van der Waals surface area contributed by atoms with Crippen LogP contribution in [-0.2, 0) is 11.2 Å². The summed E-state index contributed by atoms with van der Waals surface area (Å²) < 4.78 is 0. The van der Waals surface area contributed by atoms with Crippen LogP contribution in [0.15, 0.2) is 16.8 Å². The summed E-state index contributed by atoms with van der Waals surface area (Å²) in [6, 6.07) is 1.86. The summed E-state index contributed by atoms with van der Waals surface area (Å²) in [6.45, 7) is 0. The predicted octanol–water partition coefficient (Wildman–Crippen LogP) is 1.10. The molecule has 2 nitrogen and oxygen atoms in total. The maximum atomic E-state index is 10.2. The Bertz CT molecular complexity index is 193. The highest BCUT2D eigenvalue weighted by Gasteiger charge is 1.96. The Kier molecular flexibility index (Phi) is 1.85. The van der Waals surface area contributed by atoms with Crippen LogP contribution in [0.2, 0.25) is 0 Å². The topological polar surface area (TPSA) is 40.9 Å². The molecule has 1 amide bonds. The van der Waals surface area contributed by atoms with Gasteiger partial charge >= 0.3 is 0 Å². The number of carbonyl (C=O) groups excluding carboxylic acids is 1. The van der Waals surface area contributed by atoms with Crippen molar-refractivity contribution >= 4 is 17.2 Å². The van der Waals surface area contributed by atoms with Crippen molar-refractivity contribution in [2.24, 2.45) is 0 Å². The molecular weight excluding hydrogens is 134 g/mol. The maximum Gasteiger partial charge on any atom is 0.242 e. The Morgan fingerprint density at radius 3 is 3.00 bits per heavy atom. The summed E-state index contributed by atoms with van der Waals surface area (Å²) in [5.74, 6) is -0.520. The molecule has 0 aliphatic heterocycles. The molecule has 0 aromatic carbocycles. The summed E-state index contributed by atoms with van der Waals surface area (Å²) in [5, 5.41) is 3.78. The minimum Gasteiger partial charge on any atom is -0.273 e. The minimum atomic E-state index is -0.520. The molecule has 0 spiro atoms. The lowest BCUT2D eigenvalue weighted by Crippen LogP contribution is -2.00. The van der Waals surface area contributed by atoms with Crippen LogP contribution in [0.3, 0.4) is 0 Å². The Labute approximate surface area is 57.3 Å². The smallest absolute Gasteiger partial charge is 0.242 e. The molecule has 3 heteroatoms. The third-order valence-corrected chi connectivity index (χ3v) is 1.68. The second kappa shape index (κ2) is 2.64. The second-order valence-corrected chi connectivity index (χ2v) is 2.51. The highest BCUT2D eigenvalue weighted by atomic mass is 32.1. The van der Waals surface area contributed by atoms with Gasteiger partial charge in [-0.25, -0.2) is 0 Å². The molecule has 47 valence electrons. The average Bonchev–Trinajstić information content (AvgIpc) is 2.15. The normalized spacial score (nSPS) is 9.33. The van der Waals surface area contributed by atoms with Crippen molar-refractivity contribution in [3.63, 3.8) is 0 Å². The molecule has 0 bridgehead atoms. The Hall–Kier alpha value is -0.830. The van der Waals surface area contributed by atoms with Gasteiger partial charge in [0.05, 0.1) is 6.42 Å². The Morgan fingerprint density at radius 2 is 2.56 bits per heavy atom. The molecule has 0 aliphatic rings. The summed E-state index contributed by atoms with van der Waals surface area (Å²) in [6.07, 6.45) is 0.253. The summed E-state index contributed by atoms with van der Waals surface area (Å²) in [7, 11) is 0. The van der Waals surface area contributed by atoms with Crippen LogP contribution in [0.1, 0.15) is 5.56 Å². The number of hydrogen-bond acceptors (Lipinski definition) is 2. The monoisotopic (exact) mass is 140 g/mol. The van der Waals surface area contributed by atoms with Gasteiger partial charge in [0.1, 0.15) is 0 Å². The fourth-order valence-corrected chi connectivity index (χ4v) is 1.25. The van der Waals surface area contributed by atoms with Gasteiger partial charge < -0.3 is 0 Å². The fourth-order valence-electron chi connectivity index (χ4n) is 0.579. The number of thiophene rings is 1. The van der Waals surface area contributed by atoms with Gasteiger partial charge in [-0.05, 0) is 22.4 Å². The number of amides is 1. The van der Waals surface area contributed by atoms with E-state index in [4.69, 9.17) is 5.73 Å². The van der Waals surface area contributed by atoms with Gasteiger partial charge in [-0.15, -0.1) is 0 Å². The van der Waals surface area contributed by atoms with Gasteiger partial charge in [-0.2, -0.15) is 11.3 Å². The molecule has 1 rings (SSSR count). The molecule has 0 atom stereocenters. The molecule has 0 fully saturated rings. The minimum absolute atomic E-state index is 0.253.